The average molecular weight is 587 g/mol. The Labute approximate surface area is 239 Å². The van der Waals surface area contributed by atoms with Crippen LogP contribution in [0, 0.1) is 12.3 Å². The molecule has 0 radical (unpaired) electrons. The van der Waals surface area contributed by atoms with E-state index in [0.717, 1.165) is 16.7 Å². The highest BCUT2D eigenvalue weighted by Crippen LogP contribution is 2.53. The van der Waals surface area contributed by atoms with Crippen LogP contribution in [-0.4, -0.2) is 74.5 Å². The van der Waals surface area contributed by atoms with Gasteiger partial charge in [0.05, 0.1) is 23.7 Å². The molecule has 0 aromatic heterocycles. The molecule has 1 amide bonds. The van der Waals surface area contributed by atoms with E-state index >= 15 is 0 Å². The number of ether oxygens (including phenoxy) is 2. The number of nitrogens with zero attached hydrogens (tertiary/aromatic N) is 2. The molecule has 41 heavy (non-hydrogen) atoms. The smallest absolute Gasteiger partial charge is 0.417 e. The van der Waals surface area contributed by atoms with E-state index in [1.54, 1.807) is 26.8 Å². The SMILES string of the molecule is C#CCN(C(=O)OC(C)(C)C)C1=N[C@@H]2[C@@H](c3ccccc3C(=O)O)[C@@H](c3ccccc3C(=O)O)[C@@H](C(F)F)O[C@@H]2S1. The monoisotopic (exact) mass is 586 g/mol. The number of thioether (sulfide) groups is 1. The van der Waals surface area contributed by atoms with E-state index < -0.39 is 59.5 Å². The van der Waals surface area contributed by atoms with Gasteiger partial charge in [-0.05, 0) is 44.0 Å². The number of carboxylic acid groups (broad SMARTS) is 2. The number of halogens is 2. The van der Waals surface area contributed by atoms with Gasteiger partial charge in [0, 0.05) is 11.8 Å². The molecular weight excluding hydrogens is 558 g/mol. The highest BCUT2D eigenvalue weighted by atomic mass is 32.2. The van der Waals surface area contributed by atoms with Crippen molar-refractivity contribution in [2.45, 2.75) is 62.2 Å². The van der Waals surface area contributed by atoms with Gasteiger partial charge < -0.3 is 19.7 Å². The van der Waals surface area contributed by atoms with E-state index in [0.29, 0.717) is 0 Å². The summed E-state index contributed by atoms with van der Waals surface area (Å²) in [7, 11) is 0. The summed E-state index contributed by atoms with van der Waals surface area (Å²) in [6.45, 7) is 4.77. The Bertz CT molecular complexity index is 1420. The van der Waals surface area contributed by atoms with Crippen molar-refractivity contribution in [3.05, 3.63) is 70.8 Å². The van der Waals surface area contributed by atoms with Crippen LogP contribution in [0.1, 0.15) is 64.4 Å². The van der Waals surface area contributed by atoms with Gasteiger partial charge in [0.15, 0.2) is 5.17 Å². The fourth-order valence-electron chi connectivity index (χ4n) is 5.09. The topological polar surface area (TPSA) is 126 Å². The molecule has 2 aliphatic heterocycles. The summed E-state index contributed by atoms with van der Waals surface area (Å²) in [5, 5.41) is 20.0. The number of carboxylic acids is 2. The third-order valence-corrected chi connectivity index (χ3v) is 7.76. The summed E-state index contributed by atoms with van der Waals surface area (Å²) in [5.41, 5.74) is -2.07. The summed E-state index contributed by atoms with van der Waals surface area (Å²) < 4.78 is 40.8. The van der Waals surface area contributed by atoms with Gasteiger partial charge in [0.1, 0.15) is 17.1 Å². The lowest BCUT2D eigenvalue weighted by Gasteiger charge is -2.44. The molecule has 0 saturated carbocycles. The lowest BCUT2D eigenvalue weighted by Crippen LogP contribution is -2.48. The minimum absolute atomic E-state index is 0.0511. The van der Waals surface area contributed by atoms with Crippen LogP contribution < -0.4 is 0 Å². The fourth-order valence-corrected chi connectivity index (χ4v) is 6.30. The van der Waals surface area contributed by atoms with Crippen molar-refractivity contribution in [2.75, 3.05) is 6.54 Å². The number of aliphatic imine (C=N–C) groups is 1. The van der Waals surface area contributed by atoms with Crippen LogP contribution in [0.25, 0.3) is 0 Å². The zero-order valence-electron chi connectivity index (χ0n) is 22.4. The van der Waals surface area contributed by atoms with Gasteiger partial charge in [-0.2, -0.15) is 0 Å². The molecule has 9 nitrogen and oxygen atoms in total. The van der Waals surface area contributed by atoms with Crippen molar-refractivity contribution in [2.24, 2.45) is 4.99 Å². The number of terminal acetylenes is 1. The predicted molar refractivity (Wildman–Crippen MR) is 148 cm³/mol. The van der Waals surface area contributed by atoms with E-state index in [1.165, 1.54) is 42.5 Å². The molecule has 0 spiro atoms. The summed E-state index contributed by atoms with van der Waals surface area (Å²) in [6.07, 6.45) is -0.194. The van der Waals surface area contributed by atoms with Gasteiger partial charge in [-0.15, -0.1) is 6.42 Å². The van der Waals surface area contributed by atoms with Crippen LogP contribution in [0.4, 0.5) is 13.6 Å². The van der Waals surface area contributed by atoms with Gasteiger partial charge in [0.25, 0.3) is 6.43 Å². The number of amidine groups is 1. The standard InChI is InChI=1S/C29H28F2N2O7S/c1-5-14-33(28(38)40-29(2,3)4)27-32-21-19(15-10-6-8-12-17(15)24(34)35)20(22(23(30)31)39-26(21)41-27)16-11-7-9-13-18(16)25(36)37/h1,6-13,19-23,26H,14H2,2-4H3,(H,34,35)(H,36,37)/t19-,20+,21+,22-,26+/m0/s1. The van der Waals surface area contributed by atoms with Crippen molar-refractivity contribution in [3.8, 4) is 12.3 Å². The number of benzene rings is 2. The number of hydrogen-bond acceptors (Lipinski definition) is 7. The van der Waals surface area contributed by atoms with Crippen molar-refractivity contribution in [3.63, 3.8) is 0 Å². The van der Waals surface area contributed by atoms with E-state index in [1.807, 2.05) is 0 Å². The first-order chi connectivity index (χ1) is 19.3. The van der Waals surface area contributed by atoms with Crippen LogP contribution in [-0.2, 0) is 9.47 Å². The van der Waals surface area contributed by atoms with Crippen molar-refractivity contribution >= 4 is 35.0 Å². The van der Waals surface area contributed by atoms with Gasteiger partial charge in [-0.1, -0.05) is 54.1 Å². The summed E-state index contributed by atoms with van der Waals surface area (Å²) >= 11 is 0.899. The van der Waals surface area contributed by atoms with Crippen LogP contribution >= 0.6 is 11.8 Å². The average Bonchev–Trinajstić information content (AvgIpc) is 3.33. The molecule has 2 heterocycles. The first-order valence-corrected chi connectivity index (χ1v) is 13.5. The Balaban J connectivity index is 1.93. The lowest BCUT2D eigenvalue weighted by molar-refractivity contribution is -0.113. The third-order valence-electron chi connectivity index (χ3n) is 6.60. The molecule has 5 atom stereocenters. The van der Waals surface area contributed by atoms with Crippen molar-refractivity contribution < 1.29 is 42.9 Å². The number of carbonyl (C=O) groups excluding carboxylic acids is 1. The second-order valence-corrected chi connectivity index (χ2v) is 11.5. The highest BCUT2D eigenvalue weighted by Gasteiger charge is 2.55. The van der Waals surface area contributed by atoms with Gasteiger partial charge in [-0.3, -0.25) is 4.99 Å². The number of rotatable bonds is 6. The first kappa shape index (κ1) is 30.0. The molecule has 2 aromatic carbocycles. The summed E-state index contributed by atoms with van der Waals surface area (Å²) in [4.78, 5) is 43.2. The van der Waals surface area contributed by atoms with Crippen molar-refractivity contribution in [1.82, 2.24) is 4.90 Å². The zero-order valence-corrected chi connectivity index (χ0v) is 23.2. The van der Waals surface area contributed by atoms with Crippen LogP contribution in [0.3, 0.4) is 0 Å². The molecule has 2 aromatic rings. The number of carbonyl (C=O) groups is 3. The summed E-state index contributed by atoms with van der Waals surface area (Å²) in [5.74, 6) is -2.64. The molecule has 0 bridgehead atoms. The molecule has 12 heteroatoms. The zero-order chi connectivity index (χ0) is 30.1. The Morgan fingerprint density at radius 3 is 2.07 bits per heavy atom. The van der Waals surface area contributed by atoms with E-state index in [-0.39, 0.29) is 34.0 Å². The van der Waals surface area contributed by atoms with Gasteiger partial charge in [-0.25, -0.2) is 28.1 Å². The Morgan fingerprint density at radius 1 is 1.05 bits per heavy atom. The Hall–Kier alpha value is -3.95. The maximum atomic E-state index is 14.7. The predicted octanol–water partition coefficient (Wildman–Crippen LogP) is 5.28. The molecular formula is C29H28F2N2O7S. The van der Waals surface area contributed by atoms with Gasteiger partial charge in [0.2, 0.25) is 0 Å². The second kappa shape index (κ2) is 11.9. The van der Waals surface area contributed by atoms with Crippen LogP contribution in [0.2, 0.25) is 0 Å². The minimum Gasteiger partial charge on any atom is -0.478 e. The van der Waals surface area contributed by atoms with Gasteiger partial charge >= 0.3 is 18.0 Å². The molecule has 4 rings (SSSR count). The molecule has 2 aliphatic rings. The normalized spacial score (nSPS) is 23.7. The number of aromatic carboxylic acids is 2. The van der Waals surface area contributed by atoms with Crippen LogP contribution in [0.5, 0.6) is 0 Å². The quantitative estimate of drug-likeness (QED) is 0.438. The Morgan fingerprint density at radius 2 is 1.59 bits per heavy atom. The maximum absolute atomic E-state index is 14.7. The van der Waals surface area contributed by atoms with Crippen molar-refractivity contribution in [1.29, 1.82) is 0 Å². The number of hydrogen-bond donors (Lipinski definition) is 2. The molecule has 0 unspecified atom stereocenters. The molecule has 2 N–H and O–H groups in total. The lowest BCUT2D eigenvalue weighted by atomic mass is 9.70. The van der Waals surface area contributed by atoms with E-state index in [2.05, 4.69) is 10.9 Å². The summed E-state index contributed by atoms with van der Waals surface area (Å²) in [6, 6.07) is 10.6. The van der Waals surface area contributed by atoms with E-state index in [4.69, 9.17) is 15.9 Å². The minimum atomic E-state index is -3.07. The third kappa shape index (κ3) is 6.21. The molecule has 0 aliphatic carbocycles. The molecule has 1 saturated heterocycles. The fraction of sp³-hybridized carbons (Fsp3) is 0.379. The van der Waals surface area contributed by atoms with Crippen LogP contribution in [0.15, 0.2) is 53.5 Å². The number of amides is 1. The Kier molecular flexibility index (Phi) is 8.70. The number of fused-ring (bicyclic) bond motifs is 1. The first-order valence-electron chi connectivity index (χ1n) is 12.6. The van der Waals surface area contributed by atoms with E-state index in [9.17, 15) is 33.4 Å². The highest BCUT2D eigenvalue weighted by molar-refractivity contribution is 8.14. The maximum Gasteiger partial charge on any atom is 0.417 e. The number of alkyl halides is 2. The molecule has 1 fully saturated rings. The molecule has 216 valence electrons. The largest absolute Gasteiger partial charge is 0.478 e. The second-order valence-electron chi connectivity index (χ2n) is 10.4.